The first-order valence-electron chi connectivity index (χ1n) is 9.87. The van der Waals surface area contributed by atoms with E-state index in [4.69, 9.17) is 0 Å². The Kier molecular flexibility index (Phi) is 4.20. The van der Waals surface area contributed by atoms with Crippen molar-refractivity contribution in [1.82, 2.24) is 25.1 Å². The lowest BCUT2D eigenvalue weighted by atomic mass is 10.1. The molecule has 0 bridgehead atoms. The summed E-state index contributed by atoms with van der Waals surface area (Å²) in [6, 6.07) is 10.5. The van der Waals surface area contributed by atoms with Crippen LogP contribution < -0.4 is 10.2 Å². The zero-order chi connectivity index (χ0) is 20.1. The molecule has 1 fully saturated rings. The molecule has 0 aliphatic carbocycles. The second kappa shape index (κ2) is 6.77. The number of hydrogen-bond donors (Lipinski definition) is 1. The molecule has 5 rings (SSSR count). The van der Waals surface area contributed by atoms with Crippen molar-refractivity contribution in [3.8, 4) is 11.4 Å². The molecule has 7 heteroatoms. The fourth-order valence-electron chi connectivity index (χ4n) is 4.24. The first-order chi connectivity index (χ1) is 14.0. The number of halogens is 1. The Morgan fingerprint density at radius 3 is 2.66 bits per heavy atom. The summed E-state index contributed by atoms with van der Waals surface area (Å²) in [4.78, 5) is 11.6. The van der Waals surface area contributed by atoms with Crippen LogP contribution in [0.3, 0.4) is 0 Å². The molecule has 0 amide bonds. The van der Waals surface area contributed by atoms with Crippen LogP contribution in [0, 0.1) is 5.82 Å². The van der Waals surface area contributed by atoms with Gasteiger partial charge in [0.2, 0.25) is 0 Å². The van der Waals surface area contributed by atoms with E-state index in [2.05, 4.69) is 51.3 Å². The number of aromatic nitrogens is 4. The molecule has 0 spiro atoms. The Morgan fingerprint density at radius 1 is 1.07 bits per heavy atom. The molecule has 1 N–H and O–H groups in total. The van der Waals surface area contributed by atoms with Gasteiger partial charge in [-0.25, -0.2) is 14.4 Å². The summed E-state index contributed by atoms with van der Waals surface area (Å²) in [6.07, 6.45) is 3.62. The Hall–Kier alpha value is -3.06. The SMILES string of the molecule is CC1CN(c2ccc3nc(-c4cc(F)c5nn(C)cc5c4)ncc3c2)CC(C)N1. The third kappa shape index (κ3) is 3.31. The number of piperazine rings is 1. The molecule has 3 heterocycles. The third-order valence-electron chi connectivity index (χ3n) is 5.42. The lowest BCUT2D eigenvalue weighted by molar-refractivity contribution is 0.407. The van der Waals surface area contributed by atoms with E-state index in [-0.39, 0.29) is 5.82 Å². The van der Waals surface area contributed by atoms with Gasteiger partial charge in [0.1, 0.15) is 5.52 Å². The van der Waals surface area contributed by atoms with Crippen LogP contribution in [-0.2, 0) is 7.05 Å². The van der Waals surface area contributed by atoms with Crippen LogP contribution in [0.1, 0.15) is 13.8 Å². The number of nitrogens with one attached hydrogen (secondary N) is 1. The topological polar surface area (TPSA) is 58.9 Å². The summed E-state index contributed by atoms with van der Waals surface area (Å²) in [5.74, 6) is 0.151. The van der Waals surface area contributed by atoms with Crippen molar-refractivity contribution < 1.29 is 4.39 Å². The van der Waals surface area contributed by atoms with E-state index in [0.29, 0.717) is 29.0 Å². The molecule has 0 radical (unpaired) electrons. The van der Waals surface area contributed by atoms with Crippen molar-refractivity contribution in [2.45, 2.75) is 25.9 Å². The van der Waals surface area contributed by atoms with Crippen LogP contribution in [0.5, 0.6) is 0 Å². The minimum absolute atomic E-state index is 0.362. The monoisotopic (exact) mass is 390 g/mol. The summed E-state index contributed by atoms with van der Waals surface area (Å²) in [6.45, 7) is 6.35. The average molecular weight is 390 g/mol. The maximum absolute atomic E-state index is 14.4. The highest BCUT2D eigenvalue weighted by Gasteiger charge is 2.21. The van der Waals surface area contributed by atoms with Gasteiger partial charge in [-0.2, -0.15) is 5.10 Å². The highest BCUT2D eigenvalue weighted by Crippen LogP contribution is 2.27. The van der Waals surface area contributed by atoms with Crippen molar-refractivity contribution in [3.05, 3.63) is 48.5 Å². The summed E-state index contributed by atoms with van der Waals surface area (Å²) >= 11 is 0. The Bertz CT molecular complexity index is 1210. The number of hydrogen-bond acceptors (Lipinski definition) is 5. The second-order valence-electron chi connectivity index (χ2n) is 8.01. The van der Waals surface area contributed by atoms with Crippen LogP contribution in [0.2, 0.25) is 0 Å². The number of rotatable bonds is 2. The van der Waals surface area contributed by atoms with E-state index in [0.717, 1.165) is 29.4 Å². The minimum Gasteiger partial charge on any atom is -0.368 e. The first kappa shape index (κ1) is 18.0. The normalized spacial score (nSPS) is 19.9. The van der Waals surface area contributed by atoms with Gasteiger partial charge in [0.25, 0.3) is 0 Å². The fraction of sp³-hybridized carbons (Fsp3) is 0.318. The zero-order valence-electron chi connectivity index (χ0n) is 16.7. The van der Waals surface area contributed by atoms with Gasteiger partial charge in [-0.3, -0.25) is 4.68 Å². The van der Waals surface area contributed by atoms with E-state index in [1.165, 1.54) is 11.8 Å². The van der Waals surface area contributed by atoms with Crippen LogP contribution in [0.4, 0.5) is 10.1 Å². The third-order valence-corrected chi connectivity index (χ3v) is 5.42. The molecule has 1 aliphatic rings. The van der Waals surface area contributed by atoms with E-state index in [9.17, 15) is 4.39 Å². The summed E-state index contributed by atoms with van der Waals surface area (Å²) in [7, 11) is 1.78. The average Bonchev–Trinajstić information content (AvgIpc) is 3.07. The number of anilines is 1. The van der Waals surface area contributed by atoms with E-state index in [1.807, 2.05) is 18.3 Å². The maximum atomic E-state index is 14.4. The predicted octanol–water partition coefficient (Wildman–Crippen LogP) is 3.51. The molecular formula is C22H23FN6. The van der Waals surface area contributed by atoms with Gasteiger partial charge >= 0.3 is 0 Å². The number of aryl methyl sites for hydroxylation is 1. The number of benzene rings is 2. The van der Waals surface area contributed by atoms with E-state index in [1.54, 1.807) is 17.9 Å². The Labute approximate surface area is 168 Å². The predicted molar refractivity (Wildman–Crippen MR) is 113 cm³/mol. The standard InChI is InChI=1S/C22H23FN6/c1-13-10-29(11-14(2)25-13)18-4-5-20-16(7-18)9-24-22(26-20)15-6-17-12-28(3)27-21(17)19(23)8-15/h4-9,12-14,25H,10-11H2,1-3H3. The number of nitrogens with zero attached hydrogens (tertiary/aromatic N) is 5. The molecule has 6 nitrogen and oxygen atoms in total. The summed E-state index contributed by atoms with van der Waals surface area (Å²) in [5, 5.41) is 9.43. The molecule has 2 atom stereocenters. The largest absolute Gasteiger partial charge is 0.368 e. The zero-order valence-corrected chi connectivity index (χ0v) is 16.7. The van der Waals surface area contributed by atoms with Crippen molar-refractivity contribution in [1.29, 1.82) is 0 Å². The molecule has 4 aromatic rings. The molecule has 29 heavy (non-hydrogen) atoms. The molecule has 2 unspecified atom stereocenters. The summed E-state index contributed by atoms with van der Waals surface area (Å²) < 4.78 is 16.0. The van der Waals surface area contributed by atoms with Gasteiger partial charge in [0.05, 0.1) is 5.52 Å². The molecule has 0 saturated carbocycles. The number of fused-ring (bicyclic) bond motifs is 2. The smallest absolute Gasteiger partial charge is 0.159 e. The van der Waals surface area contributed by atoms with Crippen LogP contribution in [0.15, 0.2) is 42.7 Å². The van der Waals surface area contributed by atoms with Crippen LogP contribution >= 0.6 is 0 Å². The van der Waals surface area contributed by atoms with Crippen molar-refractivity contribution in [2.75, 3.05) is 18.0 Å². The first-order valence-corrected chi connectivity index (χ1v) is 9.87. The lowest BCUT2D eigenvalue weighted by Crippen LogP contribution is -2.54. The molecule has 2 aromatic carbocycles. The van der Waals surface area contributed by atoms with E-state index >= 15 is 0 Å². The summed E-state index contributed by atoms with van der Waals surface area (Å²) in [5.41, 5.74) is 3.04. The Morgan fingerprint density at radius 2 is 1.86 bits per heavy atom. The molecule has 1 saturated heterocycles. The minimum atomic E-state index is -0.362. The highest BCUT2D eigenvalue weighted by molar-refractivity contribution is 5.86. The van der Waals surface area contributed by atoms with E-state index < -0.39 is 0 Å². The molecule has 1 aliphatic heterocycles. The van der Waals surface area contributed by atoms with Gasteiger partial charge in [-0.1, -0.05) is 0 Å². The van der Waals surface area contributed by atoms with Crippen LogP contribution in [0.25, 0.3) is 33.2 Å². The second-order valence-corrected chi connectivity index (χ2v) is 8.01. The van der Waals surface area contributed by atoms with Gasteiger partial charge < -0.3 is 10.2 Å². The maximum Gasteiger partial charge on any atom is 0.159 e. The molecule has 148 valence electrons. The Balaban J connectivity index is 1.51. The van der Waals surface area contributed by atoms with Gasteiger partial charge in [-0.15, -0.1) is 0 Å². The van der Waals surface area contributed by atoms with Gasteiger partial charge in [0, 0.05) is 66.6 Å². The van der Waals surface area contributed by atoms with Gasteiger partial charge in [0.15, 0.2) is 11.6 Å². The van der Waals surface area contributed by atoms with Crippen molar-refractivity contribution in [2.24, 2.45) is 7.05 Å². The molecular weight excluding hydrogens is 367 g/mol. The lowest BCUT2D eigenvalue weighted by Gasteiger charge is -2.37. The molecule has 2 aromatic heterocycles. The van der Waals surface area contributed by atoms with Crippen LogP contribution in [-0.4, -0.2) is 44.9 Å². The van der Waals surface area contributed by atoms with Gasteiger partial charge in [-0.05, 0) is 44.2 Å². The van der Waals surface area contributed by atoms with Crippen molar-refractivity contribution >= 4 is 27.5 Å². The quantitative estimate of drug-likeness (QED) is 0.568. The van der Waals surface area contributed by atoms with Crippen molar-refractivity contribution in [3.63, 3.8) is 0 Å². The fourth-order valence-corrected chi connectivity index (χ4v) is 4.24. The highest BCUT2D eigenvalue weighted by atomic mass is 19.1.